The average Bonchev–Trinajstić information content (AvgIpc) is 3.13. The molecule has 0 spiro atoms. The second-order valence-electron chi connectivity index (χ2n) is 5.02. The maximum atomic E-state index is 5.62. The van der Waals surface area contributed by atoms with E-state index < -0.39 is 0 Å². The Kier molecular flexibility index (Phi) is 3.22. The van der Waals surface area contributed by atoms with Gasteiger partial charge in [-0.2, -0.15) is 0 Å². The van der Waals surface area contributed by atoms with E-state index in [2.05, 4.69) is 22.5 Å². The highest BCUT2D eigenvalue weighted by molar-refractivity contribution is 7.71. The lowest BCUT2D eigenvalue weighted by Crippen LogP contribution is -2.28. The summed E-state index contributed by atoms with van der Waals surface area (Å²) >= 11 is 5.32. The zero-order chi connectivity index (χ0) is 12.5. The van der Waals surface area contributed by atoms with Crippen molar-refractivity contribution in [2.45, 2.75) is 26.4 Å². The van der Waals surface area contributed by atoms with Crippen LogP contribution in [0.5, 0.6) is 0 Å². The van der Waals surface area contributed by atoms with E-state index in [0.29, 0.717) is 4.84 Å². The minimum atomic E-state index is 0.574. The fourth-order valence-electron chi connectivity index (χ4n) is 2.30. The van der Waals surface area contributed by atoms with Gasteiger partial charge in [0.2, 0.25) is 0 Å². The van der Waals surface area contributed by atoms with Crippen LogP contribution in [0.2, 0.25) is 0 Å². The Balaban J connectivity index is 1.88. The molecule has 1 aliphatic carbocycles. The van der Waals surface area contributed by atoms with E-state index >= 15 is 0 Å². The molecule has 3 rings (SSSR count). The van der Waals surface area contributed by atoms with Gasteiger partial charge in [-0.25, -0.2) is 0 Å². The predicted octanol–water partition coefficient (Wildman–Crippen LogP) is 3.65. The molecule has 2 aromatic rings. The number of hydrogen-bond acceptors (Lipinski definition) is 3. The van der Waals surface area contributed by atoms with Gasteiger partial charge in [0.1, 0.15) is 0 Å². The van der Waals surface area contributed by atoms with E-state index in [1.54, 1.807) is 0 Å². The third-order valence-electron chi connectivity index (χ3n) is 3.58. The molecule has 1 aromatic heterocycles. The molecule has 1 saturated carbocycles. The Morgan fingerprint density at radius 2 is 2.17 bits per heavy atom. The fraction of sp³-hybridized carbons (Fsp3) is 0.500. The molecule has 1 heterocycles. The van der Waals surface area contributed by atoms with Crippen molar-refractivity contribution in [3.8, 4) is 0 Å². The lowest BCUT2D eigenvalue weighted by atomic mass is 10.3. The van der Waals surface area contributed by atoms with Gasteiger partial charge in [-0.1, -0.05) is 19.1 Å². The molecule has 0 unspecified atom stereocenters. The standard InChI is InChI=1S/C14H18N2OS/c1-2-15(9-11-7-8-11)10-16-12-5-3-4-6-13(12)17-14(16)18/h3-6,11H,2,7-10H2,1H3. The van der Waals surface area contributed by atoms with Crippen LogP contribution in [0.4, 0.5) is 0 Å². The quantitative estimate of drug-likeness (QED) is 0.768. The van der Waals surface area contributed by atoms with Crippen molar-refractivity contribution in [2.75, 3.05) is 13.1 Å². The molecule has 1 aromatic carbocycles. The molecule has 0 saturated heterocycles. The third-order valence-corrected chi connectivity index (χ3v) is 3.88. The number of benzene rings is 1. The fourth-order valence-corrected chi connectivity index (χ4v) is 2.55. The zero-order valence-electron chi connectivity index (χ0n) is 10.6. The summed E-state index contributed by atoms with van der Waals surface area (Å²) in [5.74, 6) is 0.900. The Labute approximate surface area is 112 Å². The Bertz CT molecular complexity index is 597. The monoisotopic (exact) mass is 262 g/mol. The Morgan fingerprint density at radius 1 is 1.39 bits per heavy atom. The van der Waals surface area contributed by atoms with Gasteiger partial charge < -0.3 is 4.42 Å². The Morgan fingerprint density at radius 3 is 2.89 bits per heavy atom. The van der Waals surface area contributed by atoms with Gasteiger partial charge in [0, 0.05) is 6.54 Å². The highest BCUT2D eigenvalue weighted by Crippen LogP contribution is 2.30. The van der Waals surface area contributed by atoms with Crippen LogP contribution in [0.3, 0.4) is 0 Å². The van der Waals surface area contributed by atoms with E-state index in [1.807, 2.05) is 18.2 Å². The highest BCUT2D eigenvalue weighted by Gasteiger charge is 2.24. The number of nitrogens with zero attached hydrogens (tertiary/aromatic N) is 2. The molecule has 96 valence electrons. The molecule has 0 radical (unpaired) electrons. The van der Waals surface area contributed by atoms with Crippen LogP contribution in [-0.4, -0.2) is 22.6 Å². The Hall–Kier alpha value is -1.13. The largest absolute Gasteiger partial charge is 0.429 e. The van der Waals surface area contributed by atoms with E-state index in [1.165, 1.54) is 19.4 Å². The van der Waals surface area contributed by atoms with Gasteiger partial charge in [0.25, 0.3) is 4.84 Å². The zero-order valence-corrected chi connectivity index (χ0v) is 11.4. The van der Waals surface area contributed by atoms with Gasteiger partial charge in [0.15, 0.2) is 5.58 Å². The molecule has 18 heavy (non-hydrogen) atoms. The van der Waals surface area contributed by atoms with Crippen LogP contribution in [-0.2, 0) is 6.67 Å². The second-order valence-corrected chi connectivity index (χ2v) is 5.37. The molecule has 0 atom stereocenters. The molecule has 4 heteroatoms. The molecule has 0 bridgehead atoms. The van der Waals surface area contributed by atoms with Gasteiger partial charge in [-0.15, -0.1) is 0 Å². The summed E-state index contributed by atoms with van der Waals surface area (Å²) in [7, 11) is 0. The van der Waals surface area contributed by atoms with Gasteiger partial charge >= 0.3 is 0 Å². The summed E-state index contributed by atoms with van der Waals surface area (Å²) < 4.78 is 7.71. The van der Waals surface area contributed by atoms with Crippen LogP contribution >= 0.6 is 12.2 Å². The van der Waals surface area contributed by atoms with Crippen molar-refractivity contribution in [2.24, 2.45) is 5.92 Å². The summed E-state index contributed by atoms with van der Waals surface area (Å²) in [4.78, 5) is 3.01. The first kappa shape index (κ1) is 11.9. The summed E-state index contributed by atoms with van der Waals surface area (Å²) in [6.07, 6.45) is 2.77. The molecule has 3 nitrogen and oxygen atoms in total. The van der Waals surface area contributed by atoms with Crippen molar-refractivity contribution >= 4 is 23.3 Å². The number of rotatable bonds is 5. The number of para-hydroxylation sites is 2. The summed E-state index contributed by atoms with van der Waals surface area (Å²) in [5, 5.41) is 0. The molecular formula is C14H18N2OS. The van der Waals surface area contributed by atoms with Crippen molar-refractivity contribution in [1.29, 1.82) is 0 Å². The van der Waals surface area contributed by atoms with E-state index in [4.69, 9.17) is 16.6 Å². The lowest BCUT2D eigenvalue weighted by Gasteiger charge is -2.20. The van der Waals surface area contributed by atoms with Crippen LogP contribution in [0.25, 0.3) is 11.1 Å². The number of hydrogen-bond donors (Lipinski definition) is 0. The highest BCUT2D eigenvalue weighted by atomic mass is 32.1. The topological polar surface area (TPSA) is 21.3 Å². The summed E-state index contributed by atoms with van der Waals surface area (Å²) in [6.45, 7) is 5.27. The SMILES string of the molecule is CCN(CC1CC1)Cn1c(=S)oc2ccccc21. The van der Waals surface area contributed by atoms with Crippen molar-refractivity contribution in [1.82, 2.24) is 9.47 Å². The first-order valence-corrected chi connectivity index (χ1v) is 6.99. The predicted molar refractivity (Wildman–Crippen MR) is 75.0 cm³/mol. The molecular weight excluding hydrogens is 244 g/mol. The number of oxazole rings is 1. The second kappa shape index (κ2) is 4.86. The lowest BCUT2D eigenvalue weighted by molar-refractivity contribution is 0.218. The maximum absolute atomic E-state index is 5.62. The number of fused-ring (bicyclic) bond motifs is 1. The first-order chi connectivity index (χ1) is 8.78. The summed E-state index contributed by atoms with van der Waals surface area (Å²) in [6, 6.07) is 8.05. The third kappa shape index (κ3) is 2.35. The van der Waals surface area contributed by atoms with E-state index in [9.17, 15) is 0 Å². The van der Waals surface area contributed by atoms with Crippen LogP contribution in [0, 0.1) is 10.8 Å². The van der Waals surface area contributed by atoms with Gasteiger partial charge in [-0.05, 0) is 49.7 Å². The van der Waals surface area contributed by atoms with E-state index in [-0.39, 0.29) is 0 Å². The minimum Gasteiger partial charge on any atom is -0.429 e. The molecule has 1 aliphatic rings. The minimum absolute atomic E-state index is 0.574. The van der Waals surface area contributed by atoms with Gasteiger partial charge in [0.05, 0.1) is 12.2 Å². The first-order valence-electron chi connectivity index (χ1n) is 6.58. The van der Waals surface area contributed by atoms with Crippen LogP contribution in [0.1, 0.15) is 19.8 Å². The van der Waals surface area contributed by atoms with Crippen LogP contribution < -0.4 is 0 Å². The van der Waals surface area contributed by atoms with Gasteiger partial charge in [-0.3, -0.25) is 9.47 Å². The van der Waals surface area contributed by atoms with Crippen molar-refractivity contribution in [3.63, 3.8) is 0 Å². The van der Waals surface area contributed by atoms with Crippen molar-refractivity contribution in [3.05, 3.63) is 29.1 Å². The van der Waals surface area contributed by atoms with E-state index in [0.717, 1.165) is 30.2 Å². The summed E-state index contributed by atoms with van der Waals surface area (Å²) in [5.41, 5.74) is 1.97. The molecule has 1 fully saturated rings. The van der Waals surface area contributed by atoms with Crippen LogP contribution in [0.15, 0.2) is 28.7 Å². The molecule has 0 amide bonds. The van der Waals surface area contributed by atoms with Crippen molar-refractivity contribution < 1.29 is 4.42 Å². The smallest absolute Gasteiger partial charge is 0.270 e. The maximum Gasteiger partial charge on any atom is 0.270 e. The number of aromatic nitrogens is 1. The molecule has 0 aliphatic heterocycles. The molecule has 0 N–H and O–H groups in total. The average molecular weight is 262 g/mol. The normalized spacial score (nSPS) is 15.7.